The van der Waals surface area contributed by atoms with Crippen molar-refractivity contribution in [3.8, 4) is 0 Å². The second kappa shape index (κ2) is 6.81. The Morgan fingerprint density at radius 1 is 1.23 bits per heavy atom. The summed E-state index contributed by atoms with van der Waals surface area (Å²) in [4.78, 5) is 10.3. The molecule has 0 aliphatic heterocycles. The van der Waals surface area contributed by atoms with Crippen LogP contribution >= 0.6 is 0 Å². The van der Waals surface area contributed by atoms with Gasteiger partial charge in [-0.2, -0.15) is 0 Å². The number of non-ortho nitro benzene ring substituents is 1. The fourth-order valence-electron chi connectivity index (χ4n) is 2.63. The summed E-state index contributed by atoms with van der Waals surface area (Å²) in [6, 6.07) is 7.91. The van der Waals surface area contributed by atoms with Crippen molar-refractivity contribution in [2.45, 2.75) is 25.2 Å². The largest absolute Gasteiger partial charge is 0.286 e. The van der Waals surface area contributed by atoms with E-state index in [0.29, 0.717) is 29.0 Å². The third-order valence-electron chi connectivity index (χ3n) is 4.13. The van der Waals surface area contributed by atoms with Crippen molar-refractivity contribution in [3.05, 3.63) is 63.6 Å². The Kier molecular flexibility index (Phi) is 4.70. The van der Waals surface area contributed by atoms with Crippen LogP contribution in [0.4, 0.5) is 5.69 Å². The summed E-state index contributed by atoms with van der Waals surface area (Å²) in [6.45, 7) is 3.36. The van der Waals surface area contributed by atoms with E-state index in [1.54, 1.807) is 30.5 Å². The number of fused-ring (bicyclic) bond motifs is 1. The van der Waals surface area contributed by atoms with Crippen LogP contribution in [0.3, 0.4) is 0 Å². The second-order valence-corrected chi connectivity index (χ2v) is 7.57. The Hall–Kier alpha value is -2.85. The van der Waals surface area contributed by atoms with Crippen molar-refractivity contribution in [1.29, 1.82) is 0 Å². The molecule has 10 heteroatoms. The first-order chi connectivity index (χ1) is 12.3. The molecule has 136 valence electrons. The number of rotatable bonds is 6. The first kappa shape index (κ1) is 18.0. The molecule has 9 nitrogen and oxygen atoms in total. The van der Waals surface area contributed by atoms with E-state index in [1.807, 2.05) is 12.1 Å². The maximum absolute atomic E-state index is 12.6. The highest BCUT2D eigenvalue weighted by Crippen LogP contribution is 2.25. The van der Waals surface area contributed by atoms with Gasteiger partial charge in [0.1, 0.15) is 5.82 Å². The van der Waals surface area contributed by atoms with Crippen LogP contribution in [0.25, 0.3) is 5.65 Å². The quantitative estimate of drug-likeness (QED) is 0.518. The Morgan fingerprint density at radius 2 is 2.00 bits per heavy atom. The zero-order chi connectivity index (χ0) is 18.9. The van der Waals surface area contributed by atoms with Crippen LogP contribution in [0, 0.1) is 24.0 Å². The number of hydrogen-bond donors (Lipinski definition) is 1. The minimum Gasteiger partial charge on any atom is -0.286 e. The van der Waals surface area contributed by atoms with E-state index in [1.165, 1.54) is 6.07 Å². The summed E-state index contributed by atoms with van der Waals surface area (Å²) in [5.74, 6) is 0.621. The lowest BCUT2D eigenvalue weighted by molar-refractivity contribution is -0.385. The van der Waals surface area contributed by atoms with E-state index in [9.17, 15) is 18.5 Å². The normalized spacial score (nSPS) is 11.8. The highest BCUT2D eigenvalue weighted by molar-refractivity contribution is 7.89. The molecule has 26 heavy (non-hydrogen) atoms. The summed E-state index contributed by atoms with van der Waals surface area (Å²) in [5, 5.41) is 19.1. The molecule has 0 bridgehead atoms. The number of hydrogen-bond acceptors (Lipinski definition) is 6. The van der Waals surface area contributed by atoms with E-state index >= 15 is 0 Å². The van der Waals surface area contributed by atoms with Gasteiger partial charge in [-0.1, -0.05) is 6.07 Å². The highest BCUT2D eigenvalue weighted by atomic mass is 32.2. The number of benzene rings is 1. The summed E-state index contributed by atoms with van der Waals surface area (Å²) >= 11 is 0. The predicted molar refractivity (Wildman–Crippen MR) is 94.4 cm³/mol. The minimum atomic E-state index is -3.89. The van der Waals surface area contributed by atoms with Crippen LogP contribution in [-0.2, 0) is 16.4 Å². The molecule has 0 radical (unpaired) electrons. The first-order valence-electron chi connectivity index (χ1n) is 7.83. The van der Waals surface area contributed by atoms with Crippen LogP contribution in [0.2, 0.25) is 0 Å². The summed E-state index contributed by atoms with van der Waals surface area (Å²) < 4.78 is 29.4. The van der Waals surface area contributed by atoms with Crippen LogP contribution in [0.15, 0.2) is 41.4 Å². The topological polar surface area (TPSA) is 120 Å². The molecule has 0 aliphatic carbocycles. The third kappa shape index (κ3) is 3.41. The van der Waals surface area contributed by atoms with E-state index in [4.69, 9.17) is 0 Å². The van der Waals surface area contributed by atoms with Gasteiger partial charge < -0.3 is 0 Å². The second-order valence-electron chi connectivity index (χ2n) is 5.84. The zero-order valence-corrected chi connectivity index (χ0v) is 15.0. The number of nitro groups is 1. The lowest BCUT2D eigenvalue weighted by atomic mass is 10.1. The van der Waals surface area contributed by atoms with Gasteiger partial charge in [0.25, 0.3) is 5.69 Å². The predicted octanol–water partition coefficient (Wildman–Crippen LogP) is 1.78. The Balaban J connectivity index is 1.80. The van der Waals surface area contributed by atoms with Gasteiger partial charge in [-0.05, 0) is 37.1 Å². The van der Waals surface area contributed by atoms with E-state index < -0.39 is 14.9 Å². The molecule has 0 spiro atoms. The molecule has 0 aliphatic rings. The molecule has 0 saturated carbocycles. The molecule has 0 fully saturated rings. The number of sulfonamides is 1. The Labute approximate surface area is 149 Å². The lowest BCUT2D eigenvalue weighted by Gasteiger charge is -2.11. The Morgan fingerprint density at radius 3 is 2.73 bits per heavy atom. The minimum absolute atomic E-state index is 0.0877. The standard InChI is InChI=1S/C16H17N5O4S/c1-11-9-13(21(22)23)10-14(12(11)2)26(24,25)17-7-6-16-19-18-15-5-3-4-8-20(15)16/h3-5,8-10,17H,6-7H2,1-2H3. The number of nitrogens with one attached hydrogen (secondary N) is 1. The van der Waals surface area contributed by atoms with Crippen molar-refractivity contribution < 1.29 is 13.3 Å². The molecule has 2 heterocycles. The van der Waals surface area contributed by atoms with E-state index in [-0.39, 0.29) is 17.1 Å². The van der Waals surface area contributed by atoms with Crippen LogP contribution in [0.5, 0.6) is 0 Å². The fourth-order valence-corrected chi connectivity index (χ4v) is 4.00. The van der Waals surface area contributed by atoms with Crippen molar-refractivity contribution in [2.75, 3.05) is 6.54 Å². The van der Waals surface area contributed by atoms with Crippen molar-refractivity contribution in [3.63, 3.8) is 0 Å². The van der Waals surface area contributed by atoms with Gasteiger partial charge in [0.2, 0.25) is 10.0 Å². The van der Waals surface area contributed by atoms with Gasteiger partial charge in [-0.15, -0.1) is 10.2 Å². The molecule has 0 saturated heterocycles. The molecular weight excluding hydrogens is 358 g/mol. The summed E-state index contributed by atoms with van der Waals surface area (Å²) in [5.41, 5.74) is 1.45. The molecule has 3 rings (SSSR count). The van der Waals surface area contributed by atoms with Gasteiger partial charge in [0, 0.05) is 31.3 Å². The summed E-state index contributed by atoms with van der Waals surface area (Å²) in [7, 11) is -3.89. The zero-order valence-electron chi connectivity index (χ0n) is 14.2. The van der Waals surface area contributed by atoms with Gasteiger partial charge in [0.05, 0.1) is 9.82 Å². The van der Waals surface area contributed by atoms with Crippen LogP contribution in [0.1, 0.15) is 17.0 Å². The number of nitro benzene ring substituents is 1. The smallest absolute Gasteiger partial charge is 0.271 e. The van der Waals surface area contributed by atoms with Crippen molar-refractivity contribution in [2.24, 2.45) is 0 Å². The van der Waals surface area contributed by atoms with E-state index in [0.717, 1.165) is 6.07 Å². The number of aryl methyl sites for hydroxylation is 1. The maximum atomic E-state index is 12.6. The van der Waals surface area contributed by atoms with Gasteiger partial charge in [0.15, 0.2) is 5.65 Å². The molecular formula is C16H17N5O4S. The number of aromatic nitrogens is 3. The molecule has 0 amide bonds. The molecule has 1 aromatic carbocycles. The monoisotopic (exact) mass is 375 g/mol. The number of nitrogens with zero attached hydrogens (tertiary/aromatic N) is 4. The molecule has 3 aromatic rings. The molecule has 0 unspecified atom stereocenters. The van der Waals surface area contributed by atoms with Gasteiger partial charge in [-0.3, -0.25) is 14.5 Å². The highest BCUT2D eigenvalue weighted by Gasteiger charge is 2.22. The third-order valence-corrected chi connectivity index (χ3v) is 5.72. The summed E-state index contributed by atoms with van der Waals surface area (Å²) in [6.07, 6.45) is 2.13. The first-order valence-corrected chi connectivity index (χ1v) is 9.32. The Bertz CT molecular complexity index is 1090. The van der Waals surface area contributed by atoms with E-state index in [2.05, 4.69) is 14.9 Å². The van der Waals surface area contributed by atoms with Crippen molar-refractivity contribution >= 4 is 21.4 Å². The van der Waals surface area contributed by atoms with Crippen LogP contribution < -0.4 is 4.72 Å². The lowest BCUT2D eigenvalue weighted by Crippen LogP contribution is -2.27. The molecule has 2 aromatic heterocycles. The van der Waals surface area contributed by atoms with Gasteiger partial charge >= 0.3 is 0 Å². The maximum Gasteiger partial charge on any atom is 0.271 e. The fraction of sp³-hybridized carbons (Fsp3) is 0.250. The average molecular weight is 375 g/mol. The molecule has 0 atom stereocenters. The molecule has 1 N–H and O–H groups in total. The SMILES string of the molecule is Cc1cc([N+](=O)[O-])cc(S(=O)(=O)NCCc2nnc3ccccn23)c1C. The van der Waals surface area contributed by atoms with Crippen molar-refractivity contribution in [1.82, 2.24) is 19.3 Å². The number of pyridine rings is 1. The average Bonchev–Trinajstić information content (AvgIpc) is 3.00. The van der Waals surface area contributed by atoms with Crippen LogP contribution in [-0.4, -0.2) is 34.5 Å². The van der Waals surface area contributed by atoms with Gasteiger partial charge in [-0.25, -0.2) is 13.1 Å².